The molecule has 0 atom stereocenters. The number of aryl methyl sites for hydroxylation is 3. The molecule has 0 spiro atoms. The van der Waals surface area contributed by atoms with Crippen LogP contribution in [0.25, 0.3) is 0 Å². The summed E-state index contributed by atoms with van der Waals surface area (Å²) < 4.78 is 0. The SMILES string of the molecule is Cc1cc(C)c(NC(=O)CN(C)CC(=O)NC(=O)NC2CCCCC2)c(C)c1. The second-order valence-corrected chi connectivity index (χ2v) is 7.85. The summed E-state index contributed by atoms with van der Waals surface area (Å²) in [6.07, 6.45) is 5.33. The van der Waals surface area contributed by atoms with E-state index >= 15 is 0 Å². The van der Waals surface area contributed by atoms with Crippen LogP contribution < -0.4 is 16.0 Å². The van der Waals surface area contributed by atoms with E-state index in [9.17, 15) is 14.4 Å². The highest BCUT2D eigenvalue weighted by Gasteiger charge is 2.18. The zero-order chi connectivity index (χ0) is 20.7. The Morgan fingerprint density at radius 1 is 0.964 bits per heavy atom. The van der Waals surface area contributed by atoms with Gasteiger partial charge in [-0.2, -0.15) is 0 Å². The first-order chi connectivity index (χ1) is 13.2. The number of urea groups is 1. The van der Waals surface area contributed by atoms with Crippen molar-refractivity contribution in [2.45, 2.75) is 58.9 Å². The summed E-state index contributed by atoms with van der Waals surface area (Å²) >= 11 is 0. The lowest BCUT2D eigenvalue weighted by Crippen LogP contribution is -2.48. The van der Waals surface area contributed by atoms with Gasteiger partial charge >= 0.3 is 6.03 Å². The molecule has 28 heavy (non-hydrogen) atoms. The molecule has 0 unspecified atom stereocenters. The van der Waals surface area contributed by atoms with Crippen LogP contribution in [-0.4, -0.2) is 48.9 Å². The standard InChI is InChI=1S/C21H32N4O3/c1-14-10-15(2)20(16(3)11-14)23-18(26)12-25(4)13-19(27)24-21(28)22-17-8-6-5-7-9-17/h10-11,17H,5-9,12-13H2,1-4H3,(H,23,26)(H2,22,24,27,28). The minimum Gasteiger partial charge on any atom is -0.335 e. The second kappa shape index (κ2) is 10.2. The molecule has 7 nitrogen and oxygen atoms in total. The molecular formula is C21H32N4O3. The summed E-state index contributed by atoms with van der Waals surface area (Å²) in [6, 6.07) is 3.72. The highest BCUT2D eigenvalue weighted by molar-refractivity contribution is 5.96. The van der Waals surface area contributed by atoms with Crippen LogP contribution in [0.3, 0.4) is 0 Å². The molecule has 1 aromatic carbocycles. The summed E-state index contributed by atoms with van der Waals surface area (Å²) in [7, 11) is 1.67. The van der Waals surface area contributed by atoms with E-state index in [0.717, 1.165) is 48.1 Å². The maximum absolute atomic E-state index is 12.3. The van der Waals surface area contributed by atoms with Gasteiger partial charge in [-0.25, -0.2) is 4.79 Å². The lowest BCUT2D eigenvalue weighted by atomic mass is 9.96. The Kier molecular flexibility index (Phi) is 7.99. The predicted octanol–water partition coefficient (Wildman–Crippen LogP) is 2.64. The van der Waals surface area contributed by atoms with Crippen molar-refractivity contribution in [1.82, 2.24) is 15.5 Å². The minimum absolute atomic E-state index is 0.0304. The molecular weight excluding hydrogens is 356 g/mol. The number of likely N-dealkylation sites (N-methyl/N-ethyl adjacent to an activating group) is 1. The average molecular weight is 389 g/mol. The quantitative estimate of drug-likeness (QED) is 0.699. The van der Waals surface area contributed by atoms with Crippen LogP contribution >= 0.6 is 0 Å². The number of hydrogen-bond donors (Lipinski definition) is 3. The van der Waals surface area contributed by atoms with Gasteiger partial charge < -0.3 is 10.6 Å². The third kappa shape index (κ3) is 6.96. The van der Waals surface area contributed by atoms with Crippen molar-refractivity contribution in [3.8, 4) is 0 Å². The van der Waals surface area contributed by atoms with Gasteiger partial charge in [0.25, 0.3) is 0 Å². The van der Waals surface area contributed by atoms with Gasteiger partial charge in [0.1, 0.15) is 0 Å². The Hall–Kier alpha value is -2.41. The average Bonchev–Trinajstić information content (AvgIpc) is 2.58. The number of rotatable bonds is 6. The van der Waals surface area contributed by atoms with E-state index in [1.54, 1.807) is 11.9 Å². The fourth-order valence-corrected chi connectivity index (χ4v) is 3.74. The molecule has 154 valence electrons. The smallest absolute Gasteiger partial charge is 0.321 e. The molecule has 0 heterocycles. The van der Waals surface area contributed by atoms with E-state index in [4.69, 9.17) is 0 Å². The molecule has 1 aromatic rings. The maximum atomic E-state index is 12.3. The summed E-state index contributed by atoms with van der Waals surface area (Å²) in [5.41, 5.74) is 3.96. The van der Waals surface area contributed by atoms with Crippen molar-refractivity contribution in [1.29, 1.82) is 0 Å². The number of benzene rings is 1. The third-order valence-corrected chi connectivity index (χ3v) is 4.96. The van der Waals surface area contributed by atoms with Gasteiger partial charge in [-0.3, -0.25) is 19.8 Å². The van der Waals surface area contributed by atoms with Crippen molar-refractivity contribution in [3.05, 3.63) is 28.8 Å². The van der Waals surface area contributed by atoms with E-state index < -0.39 is 11.9 Å². The van der Waals surface area contributed by atoms with Crippen LogP contribution in [0.1, 0.15) is 48.8 Å². The van der Waals surface area contributed by atoms with Crippen molar-refractivity contribution in [2.75, 3.05) is 25.5 Å². The monoisotopic (exact) mass is 388 g/mol. The summed E-state index contributed by atoms with van der Waals surface area (Å²) in [5.74, 6) is -0.622. The number of anilines is 1. The number of nitrogens with zero attached hydrogens (tertiary/aromatic N) is 1. The lowest BCUT2D eigenvalue weighted by molar-refractivity contribution is -0.122. The van der Waals surface area contributed by atoms with Crippen LogP contribution in [0.2, 0.25) is 0 Å². The van der Waals surface area contributed by atoms with Crippen LogP contribution in [0.5, 0.6) is 0 Å². The Labute approximate surface area is 167 Å². The molecule has 4 amide bonds. The van der Waals surface area contributed by atoms with Gasteiger partial charge in [-0.1, -0.05) is 37.0 Å². The van der Waals surface area contributed by atoms with Crippen LogP contribution in [0, 0.1) is 20.8 Å². The van der Waals surface area contributed by atoms with Gasteiger partial charge in [0, 0.05) is 11.7 Å². The number of carbonyl (C=O) groups is 3. The largest absolute Gasteiger partial charge is 0.335 e. The molecule has 1 saturated carbocycles. The highest BCUT2D eigenvalue weighted by Crippen LogP contribution is 2.21. The Morgan fingerprint density at radius 2 is 1.54 bits per heavy atom. The summed E-state index contributed by atoms with van der Waals surface area (Å²) in [4.78, 5) is 37.9. The number of imide groups is 1. The van der Waals surface area contributed by atoms with E-state index in [2.05, 4.69) is 16.0 Å². The fourth-order valence-electron chi connectivity index (χ4n) is 3.74. The van der Waals surface area contributed by atoms with Crippen LogP contribution in [-0.2, 0) is 9.59 Å². The molecule has 0 saturated heterocycles. The van der Waals surface area contributed by atoms with Crippen LogP contribution in [0.15, 0.2) is 12.1 Å². The molecule has 1 fully saturated rings. The third-order valence-electron chi connectivity index (χ3n) is 4.96. The van der Waals surface area contributed by atoms with Gasteiger partial charge in [0.05, 0.1) is 13.1 Å². The lowest BCUT2D eigenvalue weighted by Gasteiger charge is -2.23. The van der Waals surface area contributed by atoms with Gasteiger partial charge in [-0.05, 0) is 51.8 Å². The molecule has 1 aliphatic carbocycles. The number of amides is 4. The topological polar surface area (TPSA) is 90.5 Å². The zero-order valence-corrected chi connectivity index (χ0v) is 17.4. The van der Waals surface area contributed by atoms with Gasteiger partial charge in [-0.15, -0.1) is 0 Å². The fraction of sp³-hybridized carbons (Fsp3) is 0.571. The Balaban J connectivity index is 1.76. The summed E-state index contributed by atoms with van der Waals surface area (Å²) in [6.45, 7) is 5.96. The first-order valence-corrected chi connectivity index (χ1v) is 9.91. The number of nitrogens with one attached hydrogen (secondary N) is 3. The minimum atomic E-state index is -0.458. The van der Waals surface area contributed by atoms with Crippen molar-refractivity contribution < 1.29 is 14.4 Å². The molecule has 0 bridgehead atoms. The molecule has 3 N–H and O–H groups in total. The van der Waals surface area contributed by atoms with Crippen LogP contribution in [0.4, 0.5) is 10.5 Å². The molecule has 1 aliphatic rings. The normalized spacial score (nSPS) is 14.6. The second-order valence-electron chi connectivity index (χ2n) is 7.85. The van der Waals surface area contributed by atoms with E-state index in [-0.39, 0.29) is 25.0 Å². The Bertz CT molecular complexity index is 703. The first-order valence-electron chi connectivity index (χ1n) is 9.91. The molecule has 0 radical (unpaired) electrons. The van der Waals surface area contributed by atoms with Crippen molar-refractivity contribution in [2.24, 2.45) is 0 Å². The zero-order valence-electron chi connectivity index (χ0n) is 17.4. The highest BCUT2D eigenvalue weighted by atomic mass is 16.2. The molecule has 2 rings (SSSR count). The summed E-state index contributed by atoms with van der Waals surface area (Å²) in [5, 5.41) is 8.10. The molecule has 7 heteroatoms. The van der Waals surface area contributed by atoms with E-state index in [1.807, 2.05) is 32.9 Å². The van der Waals surface area contributed by atoms with Gasteiger partial charge in [0.2, 0.25) is 11.8 Å². The molecule has 0 aliphatic heterocycles. The first kappa shape index (κ1) is 21.9. The Morgan fingerprint density at radius 3 is 2.14 bits per heavy atom. The predicted molar refractivity (Wildman–Crippen MR) is 110 cm³/mol. The van der Waals surface area contributed by atoms with E-state index in [0.29, 0.717) is 0 Å². The number of carbonyl (C=O) groups excluding carboxylic acids is 3. The van der Waals surface area contributed by atoms with Crippen molar-refractivity contribution >= 4 is 23.5 Å². The maximum Gasteiger partial charge on any atom is 0.321 e. The molecule has 0 aromatic heterocycles. The number of hydrogen-bond acceptors (Lipinski definition) is 4. The van der Waals surface area contributed by atoms with Gasteiger partial charge in [0.15, 0.2) is 0 Å². The van der Waals surface area contributed by atoms with Crippen molar-refractivity contribution in [3.63, 3.8) is 0 Å². The van der Waals surface area contributed by atoms with E-state index in [1.165, 1.54) is 6.42 Å².